The molecular formula is C36H36IrN2-2. The molecule has 0 spiro atoms. The first-order chi connectivity index (χ1) is 18.4. The van der Waals surface area contributed by atoms with Gasteiger partial charge in [0, 0.05) is 38.4 Å². The Morgan fingerprint density at radius 3 is 2.08 bits per heavy atom. The van der Waals surface area contributed by atoms with Crippen molar-refractivity contribution in [1.82, 2.24) is 9.97 Å². The van der Waals surface area contributed by atoms with E-state index in [2.05, 4.69) is 111 Å². The Labute approximate surface area is 248 Å². The van der Waals surface area contributed by atoms with E-state index in [1.165, 1.54) is 27.8 Å². The monoisotopic (exact) mass is 689 g/mol. The third kappa shape index (κ3) is 8.55. The van der Waals surface area contributed by atoms with Gasteiger partial charge in [0.25, 0.3) is 0 Å². The molecule has 39 heavy (non-hydrogen) atoms. The SMILES string of the molecule is CC(c1ccccc1)c1ccnc(-c2[c-]cccc2)c1.Cc1c[c-]c(-c2cc(C)c(CC(C)C)cn2)cc1.[Ir]. The average molecular weight is 689 g/mol. The van der Waals surface area contributed by atoms with E-state index in [1.807, 2.05) is 48.8 Å². The van der Waals surface area contributed by atoms with Crippen LogP contribution in [0.1, 0.15) is 54.5 Å². The summed E-state index contributed by atoms with van der Waals surface area (Å²) in [5, 5.41) is 0. The Kier molecular flexibility index (Phi) is 11.3. The van der Waals surface area contributed by atoms with Crippen LogP contribution in [-0.2, 0) is 26.5 Å². The first-order valence-corrected chi connectivity index (χ1v) is 13.3. The van der Waals surface area contributed by atoms with Crippen molar-refractivity contribution >= 4 is 0 Å². The zero-order valence-electron chi connectivity index (χ0n) is 23.4. The van der Waals surface area contributed by atoms with Gasteiger partial charge in [0.15, 0.2) is 0 Å². The molecule has 3 aromatic carbocycles. The van der Waals surface area contributed by atoms with Gasteiger partial charge in [-0.3, -0.25) is 0 Å². The van der Waals surface area contributed by atoms with Crippen LogP contribution < -0.4 is 0 Å². The zero-order valence-corrected chi connectivity index (χ0v) is 25.8. The van der Waals surface area contributed by atoms with Gasteiger partial charge in [0.2, 0.25) is 0 Å². The summed E-state index contributed by atoms with van der Waals surface area (Å²) in [5.74, 6) is 1.03. The van der Waals surface area contributed by atoms with Gasteiger partial charge >= 0.3 is 0 Å². The molecule has 0 amide bonds. The normalized spacial score (nSPS) is 11.2. The van der Waals surface area contributed by atoms with Crippen LogP contribution in [0.5, 0.6) is 0 Å². The quantitative estimate of drug-likeness (QED) is 0.167. The van der Waals surface area contributed by atoms with Crippen LogP contribution in [0.15, 0.2) is 103 Å². The van der Waals surface area contributed by atoms with Crippen LogP contribution in [0.3, 0.4) is 0 Å². The van der Waals surface area contributed by atoms with E-state index in [0.29, 0.717) is 11.8 Å². The summed E-state index contributed by atoms with van der Waals surface area (Å²) in [4.78, 5) is 9.02. The number of aromatic nitrogens is 2. The maximum absolute atomic E-state index is 4.56. The molecule has 0 saturated heterocycles. The van der Waals surface area contributed by atoms with Gasteiger partial charge in [-0.1, -0.05) is 75.7 Å². The second kappa shape index (κ2) is 14.7. The fourth-order valence-corrected chi connectivity index (χ4v) is 4.40. The van der Waals surface area contributed by atoms with Crippen molar-refractivity contribution in [3.63, 3.8) is 0 Å². The topological polar surface area (TPSA) is 25.8 Å². The second-order valence-corrected chi connectivity index (χ2v) is 10.3. The second-order valence-electron chi connectivity index (χ2n) is 10.3. The van der Waals surface area contributed by atoms with Crippen molar-refractivity contribution in [1.29, 1.82) is 0 Å². The standard InChI is InChI=1S/C19H16N.C17H20N.Ir/c1-15(16-8-4-2-5-9-16)18-12-13-20-19(14-18)17-10-6-3-7-11-17;1-12(2)9-16-11-18-17(10-14(16)4)15-7-5-13(3)6-8-15;/h2-10,12-15H,1H3;5-7,10-12H,9H2,1-4H3;/q2*-1;. The summed E-state index contributed by atoms with van der Waals surface area (Å²) >= 11 is 0. The molecule has 0 aliphatic rings. The van der Waals surface area contributed by atoms with Crippen LogP contribution in [0.25, 0.3) is 22.5 Å². The minimum absolute atomic E-state index is 0. The summed E-state index contributed by atoms with van der Waals surface area (Å²) in [7, 11) is 0. The van der Waals surface area contributed by atoms with Gasteiger partial charge in [0.1, 0.15) is 0 Å². The first-order valence-electron chi connectivity index (χ1n) is 13.3. The summed E-state index contributed by atoms with van der Waals surface area (Å²) in [6.07, 6.45) is 4.99. The van der Waals surface area contributed by atoms with E-state index < -0.39 is 0 Å². The number of aryl methyl sites for hydroxylation is 2. The zero-order chi connectivity index (χ0) is 26.9. The molecule has 2 nitrogen and oxygen atoms in total. The largest absolute Gasteiger partial charge is 0.305 e. The molecule has 3 heteroatoms. The fraction of sp³-hybridized carbons (Fsp3) is 0.222. The van der Waals surface area contributed by atoms with Crippen molar-refractivity contribution in [2.45, 2.75) is 47.0 Å². The van der Waals surface area contributed by atoms with Gasteiger partial charge in [-0.25, -0.2) is 0 Å². The molecule has 5 aromatic rings. The molecule has 201 valence electrons. The first kappa shape index (κ1) is 30.2. The van der Waals surface area contributed by atoms with Gasteiger partial charge in [-0.15, -0.1) is 71.3 Å². The molecule has 0 bridgehead atoms. The number of rotatable bonds is 6. The predicted octanol–water partition coefficient (Wildman–Crippen LogP) is 9.06. The fourth-order valence-electron chi connectivity index (χ4n) is 4.40. The molecule has 0 aliphatic heterocycles. The van der Waals surface area contributed by atoms with Crippen LogP contribution in [0, 0.1) is 31.9 Å². The van der Waals surface area contributed by atoms with E-state index in [9.17, 15) is 0 Å². The maximum atomic E-state index is 4.56. The molecule has 1 radical (unpaired) electrons. The van der Waals surface area contributed by atoms with Crippen molar-refractivity contribution in [3.05, 3.63) is 143 Å². The minimum atomic E-state index is 0. The molecule has 0 fully saturated rings. The van der Waals surface area contributed by atoms with E-state index in [1.54, 1.807) is 0 Å². The van der Waals surface area contributed by atoms with Crippen LogP contribution in [-0.4, -0.2) is 9.97 Å². The molecule has 2 heterocycles. The molecule has 2 aromatic heterocycles. The van der Waals surface area contributed by atoms with Crippen molar-refractivity contribution in [2.75, 3.05) is 0 Å². The van der Waals surface area contributed by atoms with Gasteiger partial charge in [-0.05, 0) is 53.4 Å². The van der Waals surface area contributed by atoms with Gasteiger partial charge < -0.3 is 9.97 Å². The Morgan fingerprint density at radius 2 is 1.44 bits per heavy atom. The summed E-state index contributed by atoms with van der Waals surface area (Å²) in [6, 6.07) is 37.6. The summed E-state index contributed by atoms with van der Waals surface area (Å²) in [5.41, 5.74) is 10.6. The third-order valence-corrected chi connectivity index (χ3v) is 6.66. The summed E-state index contributed by atoms with van der Waals surface area (Å²) < 4.78 is 0. The Hall–Kier alpha value is -3.39. The van der Waals surface area contributed by atoms with Crippen molar-refractivity contribution in [3.8, 4) is 22.5 Å². The molecule has 0 saturated carbocycles. The Bertz CT molecular complexity index is 1430. The average Bonchev–Trinajstić information content (AvgIpc) is 2.95. The third-order valence-electron chi connectivity index (χ3n) is 6.66. The van der Waals surface area contributed by atoms with Crippen molar-refractivity contribution in [2.24, 2.45) is 5.92 Å². The molecule has 0 N–H and O–H groups in total. The number of hydrogen-bond donors (Lipinski definition) is 0. The molecule has 0 aliphatic carbocycles. The minimum Gasteiger partial charge on any atom is -0.305 e. The Balaban J connectivity index is 0.000000211. The number of hydrogen-bond acceptors (Lipinski definition) is 2. The van der Waals surface area contributed by atoms with Crippen LogP contribution >= 0.6 is 0 Å². The van der Waals surface area contributed by atoms with Gasteiger partial charge in [0.05, 0.1) is 0 Å². The van der Waals surface area contributed by atoms with E-state index in [0.717, 1.165) is 28.9 Å². The molecule has 1 atom stereocenters. The molecule has 1 unspecified atom stereocenters. The van der Waals surface area contributed by atoms with E-state index in [-0.39, 0.29) is 20.1 Å². The number of pyridine rings is 2. The summed E-state index contributed by atoms with van der Waals surface area (Å²) in [6.45, 7) is 10.9. The van der Waals surface area contributed by atoms with E-state index in [4.69, 9.17) is 0 Å². The van der Waals surface area contributed by atoms with Crippen LogP contribution in [0.2, 0.25) is 0 Å². The van der Waals surface area contributed by atoms with E-state index >= 15 is 0 Å². The smallest absolute Gasteiger partial charge is 0.0195 e. The number of benzene rings is 3. The van der Waals surface area contributed by atoms with Crippen LogP contribution in [0.4, 0.5) is 0 Å². The molecule has 5 rings (SSSR count). The number of nitrogens with zero attached hydrogens (tertiary/aromatic N) is 2. The van der Waals surface area contributed by atoms with Crippen molar-refractivity contribution < 1.29 is 20.1 Å². The predicted molar refractivity (Wildman–Crippen MR) is 159 cm³/mol. The molecular weight excluding hydrogens is 653 g/mol. The Morgan fingerprint density at radius 1 is 0.718 bits per heavy atom. The maximum Gasteiger partial charge on any atom is 0.0195 e. The van der Waals surface area contributed by atoms with Gasteiger partial charge in [-0.2, -0.15) is 0 Å².